The molecule has 24 heavy (non-hydrogen) atoms. The summed E-state index contributed by atoms with van der Waals surface area (Å²) in [7, 11) is 0. The summed E-state index contributed by atoms with van der Waals surface area (Å²) in [5.41, 5.74) is -0.0344. The number of hydrogen-bond acceptors (Lipinski definition) is 6. The second kappa shape index (κ2) is 7.50. The van der Waals surface area contributed by atoms with Crippen molar-refractivity contribution in [1.29, 1.82) is 0 Å². The van der Waals surface area contributed by atoms with Gasteiger partial charge in [0, 0.05) is 24.9 Å². The fourth-order valence-electron chi connectivity index (χ4n) is 4.17. The topological polar surface area (TPSA) is 71.6 Å². The van der Waals surface area contributed by atoms with E-state index < -0.39 is 0 Å². The Kier molecular flexibility index (Phi) is 5.57. The van der Waals surface area contributed by atoms with Gasteiger partial charge in [-0.05, 0) is 46.2 Å². The minimum atomic E-state index is -0.212. The van der Waals surface area contributed by atoms with Crippen molar-refractivity contribution in [3.63, 3.8) is 0 Å². The number of likely N-dealkylation sites (tertiary alicyclic amines) is 1. The van der Waals surface area contributed by atoms with Crippen LogP contribution in [0.15, 0.2) is 4.52 Å². The van der Waals surface area contributed by atoms with E-state index in [-0.39, 0.29) is 23.7 Å². The molecular formula is C18H31N3O3. The van der Waals surface area contributed by atoms with E-state index in [0.29, 0.717) is 5.89 Å². The van der Waals surface area contributed by atoms with Gasteiger partial charge in [0.1, 0.15) is 0 Å². The summed E-state index contributed by atoms with van der Waals surface area (Å²) in [6.45, 7) is 8.93. The smallest absolute Gasteiger partial charge is 0.243 e. The van der Waals surface area contributed by atoms with Crippen LogP contribution in [0, 0.1) is 5.41 Å². The van der Waals surface area contributed by atoms with E-state index in [1.165, 1.54) is 0 Å². The van der Waals surface area contributed by atoms with Crippen LogP contribution >= 0.6 is 0 Å². The highest BCUT2D eigenvalue weighted by Gasteiger charge is 2.56. The molecule has 136 valence electrons. The van der Waals surface area contributed by atoms with Crippen molar-refractivity contribution in [3.8, 4) is 0 Å². The average Bonchev–Trinajstić information content (AvgIpc) is 3.08. The summed E-state index contributed by atoms with van der Waals surface area (Å²) in [6.07, 6.45) is 5.86. The molecule has 2 fully saturated rings. The predicted molar refractivity (Wildman–Crippen MR) is 90.6 cm³/mol. The summed E-state index contributed by atoms with van der Waals surface area (Å²) in [5.74, 6) is 1.53. The zero-order valence-electron chi connectivity index (χ0n) is 15.2. The normalized spacial score (nSPS) is 28.0. The molecule has 1 aromatic rings. The van der Waals surface area contributed by atoms with Gasteiger partial charge in [-0.25, -0.2) is 0 Å². The van der Waals surface area contributed by atoms with Crippen LogP contribution in [-0.4, -0.2) is 52.1 Å². The lowest BCUT2D eigenvalue weighted by atomic mass is 9.58. The van der Waals surface area contributed by atoms with Crippen molar-refractivity contribution in [2.75, 3.05) is 19.7 Å². The molecule has 1 aliphatic heterocycles. The second-order valence-electron chi connectivity index (χ2n) is 7.29. The van der Waals surface area contributed by atoms with E-state index >= 15 is 0 Å². The molecule has 0 bridgehead atoms. The van der Waals surface area contributed by atoms with Gasteiger partial charge in [-0.2, -0.15) is 4.98 Å². The number of aryl methyl sites for hydroxylation is 1. The number of unbranched alkanes of at least 4 members (excludes halogenated alkanes) is 1. The van der Waals surface area contributed by atoms with E-state index in [1.807, 2.05) is 6.92 Å². The third kappa shape index (κ3) is 3.24. The molecule has 1 aliphatic carbocycles. The molecule has 3 atom stereocenters. The second-order valence-corrected chi connectivity index (χ2v) is 7.29. The van der Waals surface area contributed by atoms with Crippen molar-refractivity contribution in [2.24, 2.45) is 5.41 Å². The van der Waals surface area contributed by atoms with Crippen LogP contribution in [-0.2, 0) is 11.2 Å². The van der Waals surface area contributed by atoms with Crippen molar-refractivity contribution in [2.45, 2.75) is 77.5 Å². The van der Waals surface area contributed by atoms with Gasteiger partial charge in [0.2, 0.25) is 5.89 Å². The highest BCUT2D eigenvalue weighted by Crippen LogP contribution is 2.51. The zero-order chi connectivity index (χ0) is 17.2. The molecule has 1 aromatic heterocycles. The average molecular weight is 337 g/mol. The van der Waals surface area contributed by atoms with Gasteiger partial charge in [0.05, 0.1) is 18.2 Å². The van der Waals surface area contributed by atoms with Crippen molar-refractivity contribution < 1.29 is 14.4 Å². The monoisotopic (exact) mass is 337 g/mol. The first-order valence-electron chi connectivity index (χ1n) is 9.47. The Bertz CT molecular complexity index is 523. The minimum Gasteiger partial charge on any atom is -0.392 e. The summed E-state index contributed by atoms with van der Waals surface area (Å²) in [6, 6.07) is 0.132. The third-order valence-corrected chi connectivity index (χ3v) is 5.98. The molecule has 0 radical (unpaired) electrons. The first-order valence-corrected chi connectivity index (χ1v) is 9.47. The Morgan fingerprint density at radius 1 is 1.38 bits per heavy atom. The summed E-state index contributed by atoms with van der Waals surface area (Å²) >= 11 is 0. The van der Waals surface area contributed by atoms with Crippen LogP contribution in [0.25, 0.3) is 0 Å². The first kappa shape index (κ1) is 17.8. The van der Waals surface area contributed by atoms with E-state index in [0.717, 1.165) is 64.0 Å². The highest BCUT2D eigenvalue weighted by molar-refractivity contribution is 5.07. The number of hydrogen-bond donors (Lipinski definition) is 1. The third-order valence-electron chi connectivity index (χ3n) is 5.98. The molecule has 3 rings (SSSR count). The van der Waals surface area contributed by atoms with Gasteiger partial charge in [0.15, 0.2) is 5.82 Å². The molecule has 6 nitrogen and oxygen atoms in total. The van der Waals surface area contributed by atoms with Crippen molar-refractivity contribution in [1.82, 2.24) is 15.0 Å². The lowest BCUT2D eigenvalue weighted by molar-refractivity contribution is -0.211. The number of ether oxygens (including phenoxy) is 1. The van der Waals surface area contributed by atoms with Crippen LogP contribution in [0.2, 0.25) is 0 Å². The van der Waals surface area contributed by atoms with Crippen molar-refractivity contribution >= 4 is 0 Å². The van der Waals surface area contributed by atoms with Crippen LogP contribution < -0.4 is 0 Å². The molecule has 1 N–H and O–H groups in total. The molecule has 6 heteroatoms. The van der Waals surface area contributed by atoms with Gasteiger partial charge in [-0.3, -0.25) is 4.90 Å². The standard InChI is InChI=1S/C18H31N3O3/c1-4-6-7-16-19-17(24-20-16)13(3)21-10-8-18(9-11-21)14(22)12-15(18)23-5-2/h13-15,22H,4-12H2,1-3H3. The first-order chi connectivity index (χ1) is 11.6. The number of rotatable bonds is 7. The van der Waals surface area contributed by atoms with Gasteiger partial charge in [-0.15, -0.1) is 0 Å². The zero-order valence-corrected chi connectivity index (χ0v) is 15.2. The summed E-state index contributed by atoms with van der Waals surface area (Å²) in [4.78, 5) is 6.94. The van der Waals surface area contributed by atoms with E-state index in [4.69, 9.17) is 9.26 Å². The Morgan fingerprint density at radius 2 is 2.12 bits per heavy atom. The molecule has 1 saturated carbocycles. The highest BCUT2D eigenvalue weighted by atomic mass is 16.5. The Hall–Kier alpha value is -0.980. The van der Waals surface area contributed by atoms with Crippen LogP contribution in [0.3, 0.4) is 0 Å². The SMILES string of the molecule is CCCCc1noc(C(C)N2CCC3(CC2)C(O)CC3OCC)n1. The fraction of sp³-hybridized carbons (Fsp3) is 0.889. The summed E-state index contributed by atoms with van der Waals surface area (Å²) in [5, 5.41) is 14.4. The molecular weight excluding hydrogens is 306 g/mol. The number of nitrogens with zero attached hydrogens (tertiary/aromatic N) is 3. The van der Waals surface area contributed by atoms with Gasteiger partial charge < -0.3 is 14.4 Å². The van der Waals surface area contributed by atoms with E-state index in [9.17, 15) is 5.11 Å². The maximum Gasteiger partial charge on any atom is 0.243 e. The lowest BCUT2D eigenvalue weighted by Gasteiger charge is -2.57. The van der Waals surface area contributed by atoms with Crippen LogP contribution in [0.4, 0.5) is 0 Å². The van der Waals surface area contributed by atoms with Gasteiger partial charge >= 0.3 is 0 Å². The molecule has 1 spiro atoms. The fourth-order valence-corrected chi connectivity index (χ4v) is 4.17. The lowest BCUT2D eigenvalue weighted by Crippen LogP contribution is -2.62. The Balaban J connectivity index is 1.57. The molecule has 2 heterocycles. The molecule has 0 amide bonds. The van der Waals surface area contributed by atoms with Crippen LogP contribution in [0.1, 0.15) is 70.6 Å². The van der Waals surface area contributed by atoms with E-state index in [1.54, 1.807) is 0 Å². The van der Waals surface area contributed by atoms with Gasteiger partial charge in [0.25, 0.3) is 0 Å². The maximum atomic E-state index is 10.3. The molecule has 1 saturated heterocycles. The summed E-state index contributed by atoms with van der Waals surface area (Å²) < 4.78 is 11.3. The van der Waals surface area contributed by atoms with Crippen LogP contribution in [0.5, 0.6) is 0 Å². The number of aliphatic hydroxyl groups is 1. The quantitative estimate of drug-likeness (QED) is 0.825. The molecule has 3 unspecified atom stereocenters. The number of aliphatic hydroxyl groups excluding tert-OH is 1. The number of aromatic nitrogens is 2. The van der Waals surface area contributed by atoms with Crippen molar-refractivity contribution in [3.05, 3.63) is 11.7 Å². The van der Waals surface area contributed by atoms with Gasteiger partial charge in [-0.1, -0.05) is 18.5 Å². The Labute approximate surface area is 144 Å². The largest absolute Gasteiger partial charge is 0.392 e. The number of piperidine rings is 1. The molecule has 0 aromatic carbocycles. The molecule has 2 aliphatic rings. The predicted octanol–water partition coefficient (Wildman–Crippen LogP) is 2.73. The maximum absolute atomic E-state index is 10.3. The Morgan fingerprint density at radius 3 is 2.75 bits per heavy atom. The van der Waals surface area contributed by atoms with E-state index in [2.05, 4.69) is 28.9 Å². The minimum absolute atomic E-state index is 0.0344.